The molecule has 0 radical (unpaired) electrons. The Hall–Kier alpha value is -3.72. The zero-order valence-corrected chi connectivity index (χ0v) is 17.0. The topological polar surface area (TPSA) is 109 Å². The van der Waals surface area contributed by atoms with Gasteiger partial charge in [-0.25, -0.2) is 24.0 Å². The lowest BCUT2D eigenvalue weighted by atomic mass is 10.1. The molecule has 2 N–H and O–H groups in total. The van der Waals surface area contributed by atoms with Gasteiger partial charge in [-0.05, 0) is 25.1 Å². The van der Waals surface area contributed by atoms with E-state index < -0.39 is 0 Å². The van der Waals surface area contributed by atoms with Crippen molar-refractivity contribution in [3.63, 3.8) is 0 Å². The molecule has 3 aromatic heterocycles. The number of ether oxygens (including phenoxy) is 1. The summed E-state index contributed by atoms with van der Waals surface area (Å²) in [5.74, 6) is -0.163. The maximum atomic E-state index is 14.1. The highest BCUT2D eigenvalue weighted by molar-refractivity contribution is 6.00. The van der Waals surface area contributed by atoms with Gasteiger partial charge < -0.3 is 10.5 Å². The molecule has 31 heavy (non-hydrogen) atoms. The number of nitrogens with zero attached hydrogens (tertiary/aromatic N) is 5. The number of halogens is 1. The Morgan fingerprint density at radius 2 is 2.03 bits per heavy atom. The standard InChI is InChI=1S/C22H21FN6O2/c1-2-31-11-9-18(30)16-12-26-21(27-20(16)24)19-15-7-5-10-25-22(15)29(28-19)13-14-6-3-4-8-17(14)23/h3-8,10,12H,2,9,11,13H2,1H3,(H2,24,26,27). The number of fused-ring (bicyclic) bond motifs is 1. The normalized spacial score (nSPS) is 11.2. The Kier molecular flexibility index (Phi) is 5.94. The molecule has 0 saturated carbocycles. The highest BCUT2D eigenvalue weighted by Crippen LogP contribution is 2.26. The first-order valence-corrected chi connectivity index (χ1v) is 9.87. The summed E-state index contributed by atoms with van der Waals surface area (Å²) in [6.45, 7) is 2.91. The van der Waals surface area contributed by atoms with E-state index in [1.165, 1.54) is 12.3 Å². The van der Waals surface area contributed by atoms with E-state index in [2.05, 4.69) is 20.1 Å². The number of Topliss-reactive ketones (excluding diaryl/α,β-unsaturated/α-hetero) is 1. The molecule has 3 heterocycles. The van der Waals surface area contributed by atoms with Crippen LogP contribution in [-0.4, -0.2) is 43.7 Å². The van der Waals surface area contributed by atoms with Crippen molar-refractivity contribution in [3.05, 3.63) is 65.7 Å². The van der Waals surface area contributed by atoms with Crippen molar-refractivity contribution in [2.24, 2.45) is 0 Å². The van der Waals surface area contributed by atoms with E-state index in [1.807, 2.05) is 13.0 Å². The van der Waals surface area contributed by atoms with Crippen LogP contribution in [0.25, 0.3) is 22.6 Å². The Morgan fingerprint density at radius 3 is 2.81 bits per heavy atom. The number of hydrogen-bond acceptors (Lipinski definition) is 7. The van der Waals surface area contributed by atoms with Crippen LogP contribution >= 0.6 is 0 Å². The molecule has 0 aliphatic rings. The molecule has 8 nitrogen and oxygen atoms in total. The highest BCUT2D eigenvalue weighted by Gasteiger charge is 2.19. The van der Waals surface area contributed by atoms with Gasteiger partial charge in [0.1, 0.15) is 17.3 Å². The molecule has 0 amide bonds. The summed E-state index contributed by atoms with van der Waals surface area (Å²) in [5.41, 5.74) is 7.81. The zero-order chi connectivity index (χ0) is 21.8. The number of carbonyl (C=O) groups excluding carboxylic acids is 1. The number of pyridine rings is 1. The molecule has 0 bridgehead atoms. The van der Waals surface area contributed by atoms with Gasteiger partial charge >= 0.3 is 0 Å². The molecule has 0 aliphatic carbocycles. The first kappa shape index (κ1) is 20.5. The largest absolute Gasteiger partial charge is 0.383 e. The van der Waals surface area contributed by atoms with E-state index in [-0.39, 0.29) is 41.8 Å². The molecular formula is C22H21FN6O2. The van der Waals surface area contributed by atoms with Gasteiger partial charge in [-0.15, -0.1) is 0 Å². The molecule has 158 valence electrons. The zero-order valence-electron chi connectivity index (χ0n) is 17.0. The average molecular weight is 420 g/mol. The van der Waals surface area contributed by atoms with Gasteiger partial charge in [0.2, 0.25) is 0 Å². The molecule has 0 atom stereocenters. The van der Waals surface area contributed by atoms with E-state index >= 15 is 0 Å². The number of carbonyl (C=O) groups is 1. The van der Waals surface area contributed by atoms with Crippen LogP contribution in [0.4, 0.5) is 10.2 Å². The second kappa shape index (κ2) is 8.97. The number of rotatable bonds is 8. The van der Waals surface area contributed by atoms with Gasteiger partial charge in [0, 0.05) is 31.0 Å². The predicted octanol–water partition coefficient (Wildman–Crippen LogP) is 3.27. The summed E-state index contributed by atoms with van der Waals surface area (Å²) >= 11 is 0. The third-order valence-electron chi connectivity index (χ3n) is 4.79. The van der Waals surface area contributed by atoms with Crippen LogP contribution in [0.2, 0.25) is 0 Å². The molecule has 0 fully saturated rings. The van der Waals surface area contributed by atoms with Crippen LogP contribution in [0.3, 0.4) is 0 Å². The Balaban J connectivity index is 1.69. The molecule has 0 spiro atoms. The third kappa shape index (κ3) is 4.26. The lowest BCUT2D eigenvalue weighted by molar-refractivity contribution is 0.0896. The Labute approximate surface area is 177 Å². The second-order valence-electron chi connectivity index (χ2n) is 6.83. The number of benzene rings is 1. The fourth-order valence-corrected chi connectivity index (χ4v) is 3.24. The third-order valence-corrected chi connectivity index (χ3v) is 4.79. The first-order valence-electron chi connectivity index (χ1n) is 9.87. The van der Waals surface area contributed by atoms with E-state index in [0.717, 1.165) is 0 Å². The maximum absolute atomic E-state index is 14.1. The fourth-order valence-electron chi connectivity index (χ4n) is 3.24. The molecular weight excluding hydrogens is 399 g/mol. The smallest absolute Gasteiger partial charge is 0.182 e. The van der Waals surface area contributed by atoms with Crippen molar-refractivity contribution in [2.75, 3.05) is 18.9 Å². The van der Waals surface area contributed by atoms with Crippen molar-refractivity contribution in [1.29, 1.82) is 0 Å². The van der Waals surface area contributed by atoms with Crippen molar-refractivity contribution in [3.8, 4) is 11.5 Å². The molecule has 0 aliphatic heterocycles. The molecule has 4 rings (SSSR count). The minimum Gasteiger partial charge on any atom is -0.383 e. The van der Waals surface area contributed by atoms with Crippen LogP contribution in [0.5, 0.6) is 0 Å². The van der Waals surface area contributed by atoms with Crippen molar-refractivity contribution < 1.29 is 13.9 Å². The summed E-state index contributed by atoms with van der Waals surface area (Å²) in [4.78, 5) is 25.3. The summed E-state index contributed by atoms with van der Waals surface area (Å²) in [7, 11) is 0. The quantitative estimate of drug-likeness (QED) is 0.344. The van der Waals surface area contributed by atoms with Gasteiger partial charge in [-0.3, -0.25) is 4.79 Å². The van der Waals surface area contributed by atoms with Crippen LogP contribution in [-0.2, 0) is 11.3 Å². The monoisotopic (exact) mass is 420 g/mol. The first-order chi connectivity index (χ1) is 15.1. The number of nitrogens with two attached hydrogens (primary N) is 1. The molecule has 9 heteroatoms. The summed E-state index contributed by atoms with van der Waals surface area (Å²) in [6, 6.07) is 10.1. The van der Waals surface area contributed by atoms with Crippen LogP contribution < -0.4 is 5.73 Å². The molecule has 0 unspecified atom stereocenters. The maximum Gasteiger partial charge on any atom is 0.182 e. The highest BCUT2D eigenvalue weighted by atomic mass is 19.1. The van der Waals surface area contributed by atoms with Gasteiger partial charge in [0.15, 0.2) is 17.3 Å². The van der Waals surface area contributed by atoms with Crippen LogP contribution in [0.15, 0.2) is 48.8 Å². The number of hydrogen-bond donors (Lipinski definition) is 1. The molecule has 1 aromatic carbocycles. The summed E-state index contributed by atoms with van der Waals surface area (Å²) < 4.78 is 21.0. The lowest BCUT2D eigenvalue weighted by Gasteiger charge is -2.06. The van der Waals surface area contributed by atoms with Crippen molar-refractivity contribution >= 4 is 22.6 Å². The molecule has 4 aromatic rings. The minimum absolute atomic E-state index is 0.0761. The van der Waals surface area contributed by atoms with Crippen LogP contribution in [0, 0.1) is 5.82 Å². The SMILES string of the molecule is CCOCCC(=O)c1cnc(-c2nn(Cc3ccccc3F)c3ncccc23)nc1N. The van der Waals surface area contributed by atoms with E-state index in [4.69, 9.17) is 10.5 Å². The Bertz CT molecular complexity index is 1240. The number of nitrogen functional groups attached to an aromatic ring is 1. The van der Waals surface area contributed by atoms with Gasteiger partial charge in [0.25, 0.3) is 0 Å². The lowest BCUT2D eigenvalue weighted by Crippen LogP contribution is -2.10. The Morgan fingerprint density at radius 1 is 1.19 bits per heavy atom. The minimum atomic E-state index is -0.320. The fraction of sp³-hybridized carbons (Fsp3) is 0.227. The van der Waals surface area contributed by atoms with Gasteiger partial charge in [-0.2, -0.15) is 5.10 Å². The van der Waals surface area contributed by atoms with Crippen molar-refractivity contribution in [2.45, 2.75) is 19.9 Å². The number of anilines is 1. The van der Waals surface area contributed by atoms with Gasteiger partial charge in [-0.1, -0.05) is 18.2 Å². The average Bonchev–Trinajstić information content (AvgIpc) is 3.14. The number of aromatic nitrogens is 5. The predicted molar refractivity (Wildman–Crippen MR) is 114 cm³/mol. The second-order valence-corrected chi connectivity index (χ2v) is 6.83. The van der Waals surface area contributed by atoms with E-state index in [1.54, 1.807) is 35.1 Å². The van der Waals surface area contributed by atoms with Gasteiger partial charge in [0.05, 0.1) is 24.1 Å². The molecule has 0 saturated heterocycles. The summed E-state index contributed by atoms with van der Waals surface area (Å²) in [6.07, 6.45) is 3.25. The number of ketones is 1. The van der Waals surface area contributed by atoms with E-state index in [9.17, 15) is 9.18 Å². The van der Waals surface area contributed by atoms with E-state index in [0.29, 0.717) is 35.5 Å². The van der Waals surface area contributed by atoms with Crippen LogP contribution in [0.1, 0.15) is 29.3 Å². The van der Waals surface area contributed by atoms with Crippen molar-refractivity contribution in [1.82, 2.24) is 24.7 Å². The summed E-state index contributed by atoms with van der Waals surface area (Å²) in [5, 5.41) is 5.28.